The van der Waals surface area contributed by atoms with Gasteiger partial charge in [0.05, 0.1) is 16.8 Å². The Balaban J connectivity index is 2.00. The summed E-state index contributed by atoms with van der Waals surface area (Å²) >= 11 is 5.80. The second kappa shape index (κ2) is 5.13. The summed E-state index contributed by atoms with van der Waals surface area (Å²) in [6, 6.07) is 10.8. The number of hydrogen-bond donors (Lipinski definition) is 0. The van der Waals surface area contributed by atoms with Crippen molar-refractivity contribution in [1.29, 1.82) is 0 Å². The standard InChI is InChI=1S/C15H13ClN2O2/c1-10-9-20-14-5-3-2-4-13(14)18(10)15(19)12-7-6-11(16)8-17-12/h2-8,10H,9H2,1H3. The van der Waals surface area contributed by atoms with Crippen LogP contribution in [0.25, 0.3) is 0 Å². The van der Waals surface area contributed by atoms with Gasteiger partial charge >= 0.3 is 0 Å². The van der Waals surface area contributed by atoms with Crippen LogP contribution in [0.15, 0.2) is 42.6 Å². The minimum Gasteiger partial charge on any atom is -0.489 e. The number of hydrogen-bond acceptors (Lipinski definition) is 3. The first-order valence-electron chi connectivity index (χ1n) is 6.34. The molecule has 1 unspecified atom stereocenters. The molecular formula is C15H13ClN2O2. The average molecular weight is 289 g/mol. The van der Waals surface area contributed by atoms with E-state index in [9.17, 15) is 4.79 Å². The number of carbonyl (C=O) groups is 1. The summed E-state index contributed by atoms with van der Waals surface area (Å²) in [5, 5.41) is 0.511. The number of fused-ring (bicyclic) bond motifs is 1. The van der Waals surface area contributed by atoms with E-state index in [0.29, 0.717) is 23.1 Å². The second-order valence-corrected chi connectivity index (χ2v) is 5.10. The van der Waals surface area contributed by atoms with E-state index in [1.807, 2.05) is 31.2 Å². The van der Waals surface area contributed by atoms with Crippen LogP contribution in [0.4, 0.5) is 5.69 Å². The fourth-order valence-electron chi connectivity index (χ4n) is 2.24. The molecule has 1 atom stereocenters. The number of halogens is 1. The third kappa shape index (κ3) is 2.23. The Morgan fingerprint density at radius 1 is 1.35 bits per heavy atom. The van der Waals surface area contributed by atoms with E-state index in [2.05, 4.69) is 4.98 Å². The van der Waals surface area contributed by atoms with Crippen LogP contribution in [0.5, 0.6) is 5.75 Å². The molecule has 0 saturated carbocycles. The summed E-state index contributed by atoms with van der Waals surface area (Å²) in [7, 11) is 0. The van der Waals surface area contributed by atoms with Crippen LogP contribution in [0, 0.1) is 0 Å². The Hall–Kier alpha value is -2.07. The first-order chi connectivity index (χ1) is 9.66. The lowest BCUT2D eigenvalue weighted by Gasteiger charge is -2.34. The summed E-state index contributed by atoms with van der Waals surface area (Å²) in [6.07, 6.45) is 1.48. The molecule has 0 saturated heterocycles. The van der Waals surface area contributed by atoms with Crippen molar-refractivity contribution < 1.29 is 9.53 Å². The predicted octanol–water partition coefficient (Wildman–Crippen LogP) is 3.16. The highest BCUT2D eigenvalue weighted by molar-refractivity contribution is 6.30. The zero-order valence-electron chi connectivity index (χ0n) is 10.9. The van der Waals surface area contributed by atoms with Crippen LogP contribution >= 0.6 is 11.6 Å². The lowest BCUT2D eigenvalue weighted by Crippen LogP contribution is -2.45. The molecule has 0 radical (unpaired) electrons. The molecule has 2 aromatic rings. The third-order valence-electron chi connectivity index (χ3n) is 3.21. The normalized spacial score (nSPS) is 17.3. The molecule has 0 N–H and O–H groups in total. The summed E-state index contributed by atoms with van der Waals surface area (Å²) < 4.78 is 5.64. The largest absolute Gasteiger partial charge is 0.489 e. The highest BCUT2D eigenvalue weighted by Gasteiger charge is 2.30. The summed E-state index contributed by atoms with van der Waals surface area (Å²) in [4.78, 5) is 18.5. The van der Waals surface area contributed by atoms with Gasteiger partial charge in [0.25, 0.3) is 5.91 Å². The van der Waals surface area contributed by atoms with Crippen LogP contribution in [-0.2, 0) is 0 Å². The van der Waals surface area contributed by atoms with Crippen molar-refractivity contribution in [2.75, 3.05) is 11.5 Å². The maximum Gasteiger partial charge on any atom is 0.277 e. The number of ether oxygens (including phenoxy) is 1. The van der Waals surface area contributed by atoms with Crippen molar-refractivity contribution in [3.63, 3.8) is 0 Å². The van der Waals surface area contributed by atoms with E-state index in [4.69, 9.17) is 16.3 Å². The summed E-state index contributed by atoms with van der Waals surface area (Å²) in [5.41, 5.74) is 1.14. The number of para-hydroxylation sites is 2. The Morgan fingerprint density at radius 3 is 2.90 bits per heavy atom. The maximum atomic E-state index is 12.6. The van der Waals surface area contributed by atoms with Gasteiger partial charge in [0.1, 0.15) is 18.1 Å². The van der Waals surface area contributed by atoms with Gasteiger partial charge in [0.15, 0.2) is 0 Å². The number of nitrogens with zero attached hydrogens (tertiary/aromatic N) is 2. The van der Waals surface area contributed by atoms with Gasteiger partial charge in [-0.15, -0.1) is 0 Å². The highest BCUT2D eigenvalue weighted by Crippen LogP contribution is 2.34. The molecule has 1 aliphatic rings. The molecule has 20 heavy (non-hydrogen) atoms. The van der Waals surface area contributed by atoms with Crippen molar-refractivity contribution in [2.24, 2.45) is 0 Å². The fraction of sp³-hybridized carbons (Fsp3) is 0.200. The monoisotopic (exact) mass is 288 g/mol. The molecule has 0 spiro atoms. The van der Waals surface area contributed by atoms with Gasteiger partial charge < -0.3 is 4.74 Å². The Bertz CT molecular complexity index is 643. The topological polar surface area (TPSA) is 42.4 Å². The van der Waals surface area contributed by atoms with Gasteiger partial charge in [-0.25, -0.2) is 4.98 Å². The van der Waals surface area contributed by atoms with Gasteiger partial charge in [-0.05, 0) is 31.2 Å². The van der Waals surface area contributed by atoms with Crippen LogP contribution in [0.3, 0.4) is 0 Å². The molecule has 102 valence electrons. The van der Waals surface area contributed by atoms with Gasteiger partial charge in [-0.3, -0.25) is 9.69 Å². The van der Waals surface area contributed by atoms with Crippen molar-refractivity contribution in [1.82, 2.24) is 4.98 Å². The predicted molar refractivity (Wildman–Crippen MR) is 77.5 cm³/mol. The van der Waals surface area contributed by atoms with Gasteiger partial charge in [-0.2, -0.15) is 0 Å². The van der Waals surface area contributed by atoms with Crippen LogP contribution in [0.1, 0.15) is 17.4 Å². The molecule has 1 aromatic heterocycles. The minimum absolute atomic E-state index is 0.0464. The van der Waals surface area contributed by atoms with Gasteiger partial charge in [0.2, 0.25) is 0 Å². The zero-order chi connectivity index (χ0) is 14.1. The lowest BCUT2D eigenvalue weighted by atomic mass is 10.1. The number of anilines is 1. The first kappa shape index (κ1) is 12.9. The van der Waals surface area contributed by atoms with Crippen LogP contribution in [0.2, 0.25) is 5.02 Å². The second-order valence-electron chi connectivity index (χ2n) is 4.66. The molecule has 1 aliphatic heterocycles. The van der Waals surface area contributed by atoms with E-state index in [0.717, 1.165) is 5.69 Å². The van der Waals surface area contributed by atoms with Gasteiger partial charge in [-0.1, -0.05) is 23.7 Å². The first-order valence-corrected chi connectivity index (χ1v) is 6.71. The van der Waals surface area contributed by atoms with Crippen molar-refractivity contribution in [3.05, 3.63) is 53.3 Å². The molecule has 1 aromatic carbocycles. The van der Waals surface area contributed by atoms with E-state index >= 15 is 0 Å². The highest BCUT2D eigenvalue weighted by atomic mass is 35.5. The molecule has 1 amide bonds. The SMILES string of the molecule is CC1COc2ccccc2N1C(=O)c1ccc(Cl)cn1. The van der Waals surface area contributed by atoms with E-state index in [1.165, 1.54) is 6.20 Å². The van der Waals surface area contributed by atoms with Crippen LogP contribution < -0.4 is 9.64 Å². The van der Waals surface area contributed by atoms with E-state index < -0.39 is 0 Å². The summed E-state index contributed by atoms with van der Waals surface area (Å²) in [5.74, 6) is 0.567. The number of carbonyl (C=O) groups excluding carboxylic acids is 1. The molecule has 0 fully saturated rings. The van der Waals surface area contributed by atoms with Crippen molar-refractivity contribution >= 4 is 23.2 Å². The average Bonchev–Trinajstić information content (AvgIpc) is 2.47. The fourth-order valence-corrected chi connectivity index (χ4v) is 2.35. The quantitative estimate of drug-likeness (QED) is 0.809. The zero-order valence-corrected chi connectivity index (χ0v) is 11.7. The van der Waals surface area contributed by atoms with E-state index in [1.54, 1.807) is 17.0 Å². The number of pyridine rings is 1. The summed E-state index contributed by atoms with van der Waals surface area (Å²) in [6.45, 7) is 2.42. The van der Waals surface area contributed by atoms with E-state index in [-0.39, 0.29) is 11.9 Å². The van der Waals surface area contributed by atoms with Crippen LogP contribution in [-0.4, -0.2) is 23.5 Å². The maximum absolute atomic E-state index is 12.6. The minimum atomic E-state index is -0.148. The number of rotatable bonds is 1. The Kier molecular flexibility index (Phi) is 3.32. The lowest BCUT2D eigenvalue weighted by molar-refractivity contribution is 0.0956. The molecule has 0 aliphatic carbocycles. The molecule has 5 heteroatoms. The number of amides is 1. The third-order valence-corrected chi connectivity index (χ3v) is 3.43. The molecule has 3 rings (SSSR count). The molecule has 4 nitrogen and oxygen atoms in total. The van der Waals surface area contributed by atoms with Crippen molar-refractivity contribution in [3.8, 4) is 5.75 Å². The number of aromatic nitrogens is 1. The van der Waals surface area contributed by atoms with Crippen molar-refractivity contribution in [2.45, 2.75) is 13.0 Å². The number of benzene rings is 1. The molecular weight excluding hydrogens is 276 g/mol. The molecule has 0 bridgehead atoms. The Morgan fingerprint density at radius 2 is 2.15 bits per heavy atom. The van der Waals surface area contributed by atoms with Gasteiger partial charge in [0, 0.05) is 6.20 Å². The molecule has 2 heterocycles. The smallest absolute Gasteiger partial charge is 0.277 e. The Labute approximate surface area is 122 Å².